The minimum Gasteiger partial charge on any atom is -0.359 e. The molecule has 4 nitrogen and oxygen atoms in total. The molecule has 0 aliphatic carbocycles. The Bertz CT molecular complexity index is 757. The zero-order chi connectivity index (χ0) is 13.4. The molecule has 1 aromatic carbocycles. The number of fused-ring (bicyclic) bond motifs is 1. The molecule has 5 heteroatoms. The second kappa shape index (κ2) is 4.51. The minimum absolute atomic E-state index is 0.130. The van der Waals surface area contributed by atoms with Gasteiger partial charge in [0.1, 0.15) is 0 Å². The lowest BCUT2D eigenvalue weighted by Gasteiger charge is -2.01. The van der Waals surface area contributed by atoms with Gasteiger partial charge in [0.25, 0.3) is 5.91 Å². The molecule has 3 aromatic rings. The largest absolute Gasteiger partial charge is 0.359 e. The molecule has 96 valence electrons. The van der Waals surface area contributed by atoms with E-state index < -0.39 is 0 Å². The number of thiazole rings is 1. The van der Waals surface area contributed by atoms with Gasteiger partial charge in [-0.3, -0.25) is 10.1 Å². The molecule has 0 spiro atoms. The van der Waals surface area contributed by atoms with E-state index in [-0.39, 0.29) is 5.91 Å². The van der Waals surface area contributed by atoms with Gasteiger partial charge < -0.3 is 4.98 Å². The Morgan fingerprint density at radius 2 is 2.16 bits per heavy atom. The van der Waals surface area contributed by atoms with Gasteiger partial charge in [-0.05, 0) is 38.1 Å². The van der Waals surface area contributed by atoms with Crippen molar-refractivity contribution < 1.29 is 4.79 Å². The summed E-state index contributed by atoms with van der Waals surface area (Å²) in [4.78, 5) is 19.6. The van der Waals surface area contributed by atoms with Crippen molar-refractivity contribution in [3.63, 3.8) is 0 Å². The van der Waals surface area contributed by atoms with E-state index in [0.717, 1.165) is 22.3 Å². The zero-order valence-corrected chi connectivity index (χ0v) is 11.5. The summed E-state index contributed by atoms with van der Waals surface area (Å²) < 4.78 is 0. The number of nitrogens with one attached hydrogen (secondary N) is 2. The Labute approximate surface area is 114 Å². The molecule has 2 heterocycles. The third-order valence-electron chi connectivity index (χ3n) is 2.86. The van der Waals surface area contributed by atoms with E-state index in [4.69, 9.17) is 0 Å². The number of hydrogen-bond donors (Lipinski definition) is 2. The van der Waals surface area contributed by atoms with Crippen LogP contribution in [-0.4, -0.2) is 15.9 Å². The molecule has 0 saturated carbocycles. The van der Waals surface area contributed by atoms with E-state index in [1.807, 2.05) is 43.5 Å². The minimum atomic E-state index is -0.130. The number of hydrogen-bond acceptors (Lipinski definition) is 3. The van der Waals surface area contributed by atoms with Crippen molar-refractivity contribution in [3.8, 4) is 0 Å². The fourth-order valence-corrected chi connectivity index (χ4v) is 2.68. The van der Waals surface area contributed by atoms with Crippen LogP contribution in [0.5, 0.6) is 0 Å². The number of aryl methyl sites for hydroxylation is 2. The number of aromatic amines is 1. The quantitative estimate of drug-likeness (QED) is 0.749. The molecule has 0 unspecified atom stereocenters. The van der Waals surface area contributed by atoms with Gasteiger partial charge in [0.2, 0.25) is 0 Å². The molecule has 0 atom stereocenters. The normalized spacial score (nSPS) is 10.8. The number of carbonyl (C=O) groups excluding carboxylic acids is 1. The molecule has 1 amide bonds. The van der Waals surface area contributed by atoms with E-state index in [0.29, 0.717) is 10.7 Å². The summed E-state index contributed by atoms with van der Waals surface area (Å²) in [7, 11) is 0. The molecular weight excluding hydrogens is 258 g/mol. The molecule has 0 radical (unpaired) electrons. The van der Waals surface area contributed by atoms with Crippen molar-refractivity contribution in [2.24, 2.45) is 0 Å². The smallest absolute Gasteiger partial charge is 0.257 e. The summed E-state index contributed by atoms with van der Waals surface area (Å²) in [5.41, 5.74) is 3.68. The first kappa shape index (κ1) is 11.9. The van der Waals surface area contributed by atoms with Gasteiger partial charge in [0.05, 0.1) is 5.69 Å². The second-order valence-electron chi connectivity index (χ2n) is 4.50. The predicted molar refractivity (Wildman–Crippen MR) is 77.8 cm³/mol. The molecular formula is C14H13N3OS. The highest BCUT2D eigenvalue weighted by Gasteiger charge is 2.09. The first-order valence-corrected chi connectivity index (χ1v) is 6.82. The maximum absolute atomic E-state index is 12.1. The van der Waals surface area contributed by atoms with E-state index >= 15 is 0 Å². The number of benzene rings is 1. The summed E-state index contributed by atoms with van der Waals surface area (Å²) in [5, 5.41) is 6.39. The van der Waals surface area contributed by atoms with Crippen molar-refractivity contribution in [2.75, 3.05) is 5.32 Å². The van der Waals surface area contributed by atoms with Gasteiger partial charge in [0.15, 0.2) is 5.13 Å². The maximum Gasteiger partial charge on any atom is 0.257 e. The Kier molecular flexibility index (Phi) is 2.83. The fraction of sp³-hybridized carbons (Fsp3) is 0.143. The van der Waals surface area contributed by atoms with Crippen LogP contribution in [0.25, 0.3) is 10.9 Å². The van der Waals surface area contributed by atoms with E-state index in [1.165, 1.54) is 11.3 Å². The van der Waals surface area contributed by atoms with Crippen molar-refractivity contribution in [1.82, 2.24) is 9.97 Å². The van der Waals surface area contributed by atoms with E-state index in [1.54, 1.807) is 0 Å². The summed E-state index contributed by atoms with van der Waals surface area (Å²) in [6.07, 6.45) is 0. The highest BCUT2D eigenvalue weighted by Crippen LogP contribution is 2.19. The summed E-state index contributed by atoms with van der Waals surface area (Å²) >= 11 is 1.43. The van der Waals surface area contributed by atoms with Crippen molar-refractivity contribution in [2.45, 2.75) is 13.8 Å². The number of amides is 1. The maximum atomic E-state index is 12.1. The van der Waals surface area contributed by atoms with Gasteiger partial charge in [0, 0.05) is 27.5 Å². The third-order valence-corrected chi connectivity index (χ3v) is 3.73. The number of aromatic nitrogens is 2. The van der Waals surface area contributed by atoms with Crippen LogP contribution >= 0.6 is 11.3 Å². The lowest BCUT2D eigenvalue weighted by atomic mass is 10.1. The summed E-state index contributed by atoms with van der Waals surface area (Å²) in [6.45, 7) is 3.90. The lowest BCUT2D eigenvalue weighted by Crippen LogP contribution is -2.11. The number of anilines is 1. The number of carbonyl (C=O) groups is 1. The zero-order valence-electron chi connectivity index (χ0n) is 10.7. The first-order valence-electron chi connectivity index (χ1n) is 5.95. The molecule has 0 aliphatic rings. The number of rotatable bonds is 2. The monoisotopic (exact) mass is 271 g/mol. The van der Waals surface area contributed by atoms with Gasteiger partial charge in [-0.1, -0.05) is 0 Å². The van der Waals surface area contributed by atoms with Crippen LogP contribution in [0.15, 0.2) is 29.6 Å². The van der Waals surface area contributed by atoms with Crippen molar-refractivity contribution >= 4 is 33.3 Å². The van der Waals surface area contributed by atoms with E-state index in [2.05, 4.69) is 15.3 Å². The van der Waals surface area contributed by atoms with E-state index in [9.17, 15) is 4.79 Å². The van der Waals surface area contributed by atoms with Crippen LogP contribution < -0.4 is 5.32 Å². The predicted octanol–water partition coefficient (Wildman–Crippen LogP) is 3.49. The highest BCUT2D eigenvalue weighted by molar-refractivity contribution is 7.13. The van der Waals surface area contributed by atoms with Crippen LogP contribution in [-0.2, 0) is 0 Å². The Hall–Kier alpha value is -2.14. The molecule has 3 rings (SSSR count). The topological polar surface area (TPSA) is 57.8 Å². The molecule has 0 fully saturated rings. The molecule has 19 heavy (non-hydrogen) atoms. The summed E-state index contributed by atoms with van der Waals surface area (Å²) in [6, 6.07) is 7.65. The Morgan fingerprint density at radius 3 is 2.89 bits per heavy atom. The first-order chi connectivity index (χ1) is 9.11. The third kappa shape index (κ3) is 2.37. The number of nitrogens with zero attached hydrogens (tertiary/aromatic N) is 1. The van der Waals surface area contributed by atoms with Crippen molar-refractivity contribution in [1.29, 1.82) is 0 Å². The van der Waals surface area contributed by atoms with Crippen LogP contribution in [0, 0.1) is 13.8 Å². The molecule has 0 aliphatic heterocycles. The molecule has 0 saturated heterocycles. The van der Waals surface area contributed by atoms with Crippen LogP contribution in [0.3, 0.4) is 0 Å². The Balaban J connectivity index is 1.88. The standard InChI is InChI=1S/C14H13N3OS/c1-8-5-11-6-10(3-4-12(11)15-8)13(18)17-14-16-9(2)7-19-14/h3-7,15H,1-2H3,(H,16,17,18). The van der Waals surface area contributed by atoms with Gasteiger partial charge in [-0.25, -0.2) is 4.98 Å². The van der Waals surface area contributed by atoms with Crippen LogP contribution in [0.4, 0.5) is 5.13 Å². The van der Waals surface area contributed by atoms with Gasteiger partial charge in [-0.15, -0.1) is 11.3 Å². The highest BCUT2D eigenvalue weighted by atomic mass is 32.1. The lowest BCUT2D eigenvalue weighted by molar-refractivity contribution is 0.102. The van der Waals surface area contributed by atoms with Gasteiger partial charge in [-0.2, -0.15) is 0 Å². The summed E-state index contributed by atoms with van der Waals surface area (Å²) in [5.74, 6) is -0.130. The SMILES string of the molecule is Cc1csc(NC(=O)c2ccc3[nH]c(C)cc3c2)n1. The average Bonchev–Trinajstić information content (AvgIpc) is 2.93. The molecule has 0 bridgehead atoms. The average molecular weight is 271 g/mol. The second-order valence-corrected chi connectivity index (χ2v) is 5.36. The molecule has 2 N–H and O–H groups in total. The van der Waals surface area contributed by atoms with Crippen LogP contribution in [0.1, 0.15) is 21.7 Å². The van der Waals surface area contributed by atoms with Crippen molar-refractivity contribution in [3.05, 3.63) is 46.6 Å². The number of H-pyrrole nitrogens is 1. The molecule has 2 aromatic heterocycles. The fourth-order valence-electron chi connectivity index (χ4n) is 2.00. The Morgan fingerprint density at radius 1 is 1.32 bits per heavy atom. The van der Waals surface area contributed by atoms with Crippen LogP contribution in [0.2, 0.25) is 0 Å². The van der Waals surface area contributed by atoms with Gasteiger partial charge >= 0.3 is 0 Å².